The van der Waals surface area contributed by atoms with E-state index < -0.39 is 12.1 Å². The van der Waals surface area contributed by atoms with E-state index in [1.165, 1.54) is 13.0 Å². The first kappa shape index (κ1) is 22.2. The van der Waals surface area contributed by atoms with E-state index in [1.807, 2.05) is 20.8 Å². The SMILES string of the molecule is CCOC(=O)Oc1c2ccc(C(=O)NO)cc(C)c-2c(CC(C)C)c1NC(C)=O. The summed E-state index contributed by atoms with van der Waals surface area (Å²) in [6, 6.07) is 4.76. The maximum atomic E-state index is 12.1. The molecule has 0 fully saturated rings. The number of anilines is 1. The van der Waals surface area contributed by atoms with Crippen LogP contribution in [0.2, 0.25) is 0 Å². The lowest BCUT2D eigenvalue weighted by molar-refractivity contribution is -0.114. The average molecular weight is 402 g/mol. The van der Waals surface area contributed by atoms with Crippen LogP contribution in [0.15, 0.2) is 18.2 Å². The summed E-state index contributed by atoms with van der Waals surface area (Å²) in [4.78, 5) is 35.8. The zero-order valence-corrected chi connectivity index (χ0v) is 17.2. The Balaban J connectivity index is 2.83. The number of hydrogen-bond acceptors (Lipinski definition) is 6. The Morgan fingerprint density at radius 2 is 1.90 bits per heavy atom. The van der Waals surface area contributed by atoms with Crippen molar-refractivity contribution in [2.24, 2.45) is 5.92 Å². The standard InChI is InChI=1S/C21H26N2O6/c1-6-28-21(26)29-19-15-8-7-14(20(25)23-27)10-12(4)17(15)16(9-11(2)3)18(19)22-13(5)24/h7-8,10-11,27H,6,9H2,1-5H3,(H,22,24)(H,23,25). The van der Waals surface area contributed by atoms with Crippen molar-refractivity contribution in [2.75, 3.05) is 11.9 Å². The van der Waals surface area contributed by atoms with Crippen LogP contribution in [0.4, 0.5) is 10.5 Å². The number of hydrogen-bond donors (Lipinski definition) is 3. The molecule has 0 spiro atoms. The number of rotatable bonds is 6. The molecule has 156 valence electrons. The monoisotopic (exact) mass is 402 g/mol. The van der Waals surface area contributed by atoms with Crippen molar-refractivity contribution < 1.29 is 29.1 Å². The minimum atomic E-state index is -0.889. The fourth-order valence-corrected chi connectivity index (χ4v) is 3.27. The zero-order valence-electron chi connectivity index (χ0n) is 17.2. The van der Waals surface area contributed by atoms with E-state index in [-0.39, 0.29) is 29.7 Å². The summed E-state index contributed by atoms with van der Waals surface area (Å²) < 4.78 is 10.4. The van der Waals surface area contributed by atoms with Crippen LogP contribution < -0.4 is 15.5 Å². The zero-order chi connectivity index (χ0) is 21.7. The molecule has 0 saturated carbocycles. The first-order valence-electron chi connectivity index (χ1n) is 9.35. The van der Waals surface area contributed by atoms with E-state index >= 15 is 0 Å². The van der Waals surface area contributed by atoms with Crippen LogP contribution >= 0.6 is 0 Å². The molecule has 29 heavy (non-hydrogen) atoms. The molecular formula is C21H26N2O6. The number of nitrogens with one attached hydrogen (secondary N) is 2. The van der Waals surface area contributed by atoms with E-state index in [2.05, 4.69) is 5.32 Å². The summed E-state index contributed by atoms with van der Waals surface area (Å²) >= 11 is 0. The van der Waals surface area contributed by atoms with E-state index in [0.29, 0.717) is 17.7 Å². The Bertz CT molecular complexity index is 907. The molecule has 2 amide bonds. The Labute approximate surface area is 169 Å². The van der Waals surface area contributed by atoms with Gasteiger partial charge in [-0.1, -0.05) is 13.8 Å². The number of fused-ring (bicyclic) bond motifs is 1. The summed E-state index contributed by atoms with van der Waals surface area (Å²) in [5.41, 5.74) is 5.10. The normalized spacial score (nSPS) is 10.7. The molecule has 0 heterocycles. The molecule has 8 heteroatoms. The van der Waals surface area contributed by atoms with Gasteiger partial charge in [0.2, 0.25) is 5.91 Å². The van der Waals surface area contributed by atoms with E-state index in [1.54, 1.807) is 24.5 Å². The molecule has 0 radical (unpaired) electrons. The third-order valence-corrected chi connectivity index (χ3v) is 4.27. The Morgan fingerprint density at radius 3 is 2.45 bits per heavy atom. The van der Waals surface area contributed by atoms with Crippen molar-refractivity contribution in [3.63, 3.8) is 0 Å². The first-order chi connectivity index (χ1) is 13.7. The number of carbonyl (C=O) groups is 3. The van der Waals surface area contributed by atoms with Crippen molar-refractivity contribution in [1.82, 2.24) is 5.48 Å². The summed E-state index contributed by atoms with van der Waals surface area (Å²) in [5.74, 6) is -0.555. The maximum absolute atomic E-state index is 12.1. The van der Waals surface area contributed by atoms with Crippen LogP contribution in [0.3, 0.4) is 0 Å². The summed E-state index contributed by atoms with van der Waals surface area (Å²) in [6.45, 7) is 9.05. The van der Waals surface area contributed by atoms with Gasteiger partial charge in [-0.05, 0) is 61.1 Å². The number of carbonyl (C=O) groups excluding carboxylic acids is 3. The van der Waals surface area contributed by atoms with Gasteiger partial charge in [0.15, 0.2) is 5.75 Å². The van der Waals surface area contributed by atoms with Gasteiger partial charge in [0.25, 0.3) is 5.91 Å². The number of aryl methyl sites for hydroxylation is 1. The Morgan fingerprint density at radius 1 is 1.21 bits per heavy atom. The quantitative estimate of drug-likeness (QED) is 0.383. The average Bonchev–Trinajstić information content (AvgIpc) is 2.78. The molecule has 0 saturated heterocycles. The Kier molecular flexibility index (Phi) is 7.17. The fraction of sp³-hybridized carbons (Fsp3) is 0.381. The van der Waals surface area contributed by atoms with E-state index in [4.69, 9.17) is 14.7 Å². The van der Waals surface area contributed by atoms with Gasteiger partial charge in [-0.25, -0.2) is 10.3 Å². The minimum absolute atomic E-state index is 0.138. The molecule has 3 N–H and O–H groups in total. The van der Waals surface area contributed by atoms with Gasteiger partial charge in [0.05, 0.1) is 12.3 Å². The number of ether oxygens (including phenoxy) is 2. The van der Waals surface area contributed by atoms with E-state index in [0.717, 1.165) is 16.7 Å². The molecule has 0 aromatic heterocycles. The Hall–Kier alpha value is -3.13. The molecule has 8 nitrogen and oxygen atoms in total. The molecule has 2 aliphatic rings. The van der Waals surface area contributed by atoms with E-state index in [9.17, 15) is 14.4 Å². The van der Waals surface area contributed by atoms with Crippen molar-refractivity contribution in [2.45, 2.75) is 41.0 Å². The topological polar surface area (TPSA) is 114 Å². The second-order valence-electron chi connectivity index (χ2n) is 7.09. The molecule has 0 atom stereocenters. The third kappa shape index (κ3) is 5.03. The largest absolute Gasteiger partial charge is 0.513 e. The first-order valence-corrected chi connectivity index (χ1v) is 9.35. The van der Waals surface area contributed by atoms with Crippen LogP contribution in [0.25, 0.3) is 11.1 Å². The van der Waals surface area contributed by atoms with Crippen LogP contribution in [0, 0.1) is 12.8 Å². The van der Waals surface area contributed by atoms with Crippen molar-refractivity contribution in [3.05, 3.63) is 34.9 Å². The van der Waals surface area contributed by atoms with Gasteiger partial charge in [-0.2, -0.15) is 0 Å². The molecule has 0 aromatic rings. The van der Waals surface area contributed by atoms with Crippen LogP contribution in [0.5, 0.6) is 5.75 Å². The van der Waals surface area contributed by atoms with Crippen molar-refractivity contribution >= 4 is 23.7 Å². The molecule has 0 unspecified atom stereocenters. The summed E-state index contributed by atoms with van der Waals surface area (Å²) in [6.07, 6.45) is -0.287. The lowest BCUT2D eigenvalue weighted by atomic mass is 9.97. The van der Waals surface area contributed by atoms with Gasteiger partial charge in [0, 0.05) is 18.1 Å². The second-order valence-corrected chi connectivity index (χ2v) is 7.09. The van der Waals surface area contributed by atoms with Gasteiger partial charge in [0.1, 0.15) is 0 Å². The molecule has 0 aliphatic heterocycles. The smallest absolute Gasteiger partial charge is 0.434 e. The molecule has 2 rings (SSSR count). The molecule has 0 aromatic carbocycles. The van der Waals surface area contributed by atoms with Crippen LogP contribution in [-0.4, -0.2) is 29.8 Å². The predicted molar refractivity (Wildman–Crippen MR) is 108 cm³/mol. The summed E-state index contributed by atoms with van der Waals surface area (Å²) in [7, 11) is 0. The fourth-order valence-electron chi connectivity index (χ4n) is 3.27. The minimum Gasteiger partial charge on any atom is -0.434 e. The molecule has 0 bridgehead atoms. The van der Waals surface area contributed by atoms with Gasteiger partial charge >= 0.3 is 6.16 Å². The highest BCUT2D eigenvalue weighted by molar-refractivity contribution is 6.01. The number of amides is 2. The second kappa shape index (κ2) is 9.38. The molecular weight excluding hydrogens is 376 g/mol. The maximum Gasteiger partial charge on any atom is 0.513 e. The lowest BCUT2D eigenvalue weighted by Gasteiger charge is -2.11. The predicted octanol–water partition coefficient (Wildman–Crippen LogP) is 3.91. The van der Waals surface area contributed by atoms with Gasteiger partial charge < -0.3 is 14.8 Å². The lowest BCUT2D eigenvalue weighted by Crippen LogP contribution is -2.18. The molecule has 2 aliphatic carbocycles. The highest BCUT2D eigenvalue weighted by atomic mass is 16.7. The number of hydroxylamine groups is 1. The van der Waals surface area contributed by atoms with Crippen molar-refractivity contribution in [3.8, 4) is 16.9 Å². The summed E-state index contributed by atoms with van der Waals surface area (Å²) in [5, 5.41) is 11.7. The van der Waals surface area contributed by atoms with Crippen LogP contribution in [0.1, 0.15) is 49.2 Å². The highest BCUT2D eigenvalue weighted by Gasteiger charge is 2.29. The third-order valence-electron chi connectivity index (χ3n) is 4.27. The van der Waals surface area contributed by atoms with Crippen LogP contribution in [-0.2, 0) is 16.0 Å². The van der Waals surface area contributed by atoms with Gasteiger partial charge in [-0.15, -0.1) is 0 Å². The van der Waals surface area contributed by atoms with Crippen molar-refractivity contribution in [1.29, 1.82) is 0 Å². The highest BCUT2D eigenvalue weighted by Crippen LogP contribution is 2.49. The van der Waals surface area contributed by atoms with Gasteiger partial charge in [-0.3, -0.25) is 14.8 Å².